The summed E-state index contributed by atoms with van der Waals surface area (Å²) >= 11 is 0. The van der Waals surface area contributed by atoms with Crippen molar-refractivity contribution in [3.8, 4) is 0 Å². The quantitative estimate of drug-likeness (QED) is 0.793. The highest BCUT2D eigenvalue weighted by molar-refractivity contribution is 5.96. The smallest absolute Gasteiger partial charge is 0.253 e. The molecular weight excluding hydrogens is 254 g/mol. The Hall–Kier alpha value is -2.37. The van der Waals surface area contributed by atoms with Crippen LogP contribution in [0.5, 0.6) is 0 Å². The zero-order valence-corrected chi connectivity index (χ0v) is 10.1. The maximum atomic E-state index is 13.4. The van der Waals surface area contributed by atoms with E-state index >= 15 is 0 Å². The van der Waals surface area contributed by atoms with Crippen LogP contribution in [0.4, 0.5) is 8.78 Å². The Morgan fingerprint density at radius 2 is 2.05 bits per heavy atom. The van der Waals surface area contributed by atoms with Gasteiger partial charge in [-0.2, -0.15) is 0 Å². The summed E-state index contributed by atoms with van der Waals surface area (Å²) in [6.45, 7) is 1.26. The number of hydrogen-bond acceptors (Lipinski definition) is 3. The molecule has 0 aliphatic carbocycles. The van der Waals surface area contributed by atoms with Gasteiger partial charge < -0.3 is 0 Å². The molecule has 98 valence electrons. The monoisotopic (exact) mass is 264 g/mol. The van der Waals surface area contributed by atoms with E-state index in [1.165, 1.54) is 12.4 Å². The lowest BCUT2D eigenvalue weighted by Gasteiger charge is -2.05. The van der Waals surface area contributed by atoms with Gasteiger partial charge in [-0.25, -0.2) is 13.8 Å². The molecule has 19 heavy (non-hydrogen) atoms. The summed E-state index contributed by atoms with van der Waals surface area (Å²) in [6, 6.07) is 3.87. The van der Waals surface area contributed by atoms with Gasteiger partial charge in [-0.1, -0.05) is 0 Å². The van der Waals surface area contributed by atoms with Crippen LogP contribution in [0.15, 0.2) is 35.4 Å². The fourth-order valence-electron chi connectivity index (χ4n) is 1.59. The van der Waals surface area contributed by atoms with E-state index in [9.17, 15) is 18.4 Å². The minimum atomic E-state index is -0.820. The lowest BCUT2D eigenvalue weighted by atomic mass is 10.1. The summed E-state index contributed by atoms with van der Waals surface area (Å²) < 4.78 is 27.4. The van der Waals surface area contributed by atoms with Crippen LogP contribution in [0.1, 0.15) is 16.1 Å². The van der Waals surface area contributed by atoms with E-state index in [0.717, 1.165) is 22.8 Å². The van der Waals surface area contributed by atoms with Crippen LogP contribution in [0.2, 0.25) is 0 Å². The number of hydrogen-bond donors (Lipinski definition) is 0. The molecule has 4 nitrogen and oxygen atoms in total. The molecule has 0 aliphatic heterocycles. The van der Waals surface area contributed by atoms with Crippen LogP contribution in [0.25, 0.3) is 0 Å². The van der Waals surface area contributed by atoms with E-state index in [4.69, 9.17) is 0 Å². The van der Waals surface area contributed by atoms with Crippen LogP contribution in [-0.2, 0) is 6.54 Å². The lowest BCUT2D eigenvalue weighted by molar-refractivity contribution is 0.0966. The third kappa shape index (κ3) is 2.90. The van der Waals surface area contributed by atoms with E-state index < -0.39 is 23.0 Å². The molecule has 2 rings (SSSR count). The molecule has 0 amide bonds. The molecule has 0 radical (unpaired) electrons. The summed E-state index contributed by atoms with van der Waals surface area (Å²) in [5.74, 6) is -2.22. The van der Waals surface area contributed by atoms with Gasteiger partial charge in [0, 0.05) is 11.8 Å². The first-order valence-electron chi connectivity index (χ1n) is 5.48. The van der Waals surface area contributed by atoms with E-state index in [-0.39, 0.29) is 12.1 Å². The van der Waals surface area contributed by atoms with Crippen molar-refractivity contribution in [2.24, 2.45) is 0 Å². The summed E-state index contributed by atoms with van der Waals surface area (Å²) in [5.41, 5.74) is -0.282. The number of aryl methyl sites for hydroxylation is 1. The number of nitrogens with zero attached hydrogens (tertiary/aromatic N) is 2. The number of ketones is 1. The van der Waals surface area contributed by atoms with Crippen LogP contribution in [0, 0.1) is 18.6 Å². The van der Waals surface area contributed by atoms with Crippen LogP contribution >= 0.6 is 0 Å². The molecule has 0 bridgehead atoms. The maximum Gasteiger partial charge on any atom is 0.253 e. The second-order valence-electron chi connectivity index (χ2n) is 4.04. The number of carbonyl (C=O) groups excluding carboxylic acids is 1. The molecule has 0 saturated carbocycles. The Bertz CT molecular complexity index is 695. The molecule has 0 N–H and O–H groups in total. The van der Waals surface area contributed by atoms with Crippen LogP contribution in [-0.4, -0.2) is 15.3 Å². The third-order valence-electron chi connectivity index (χ3n) is 2.56. The predicted molar refractivity (Wildman–Crippen MR) is 63.9 cm³/mol. The molecule has 0 atom stereocenters. The van der Waals surface area contributed by atoms with Crippen LogP contribution < -0.4 is 5.56 Å². The van der Waals surface area contributed by atoms with E-state index in [0.29, 0.717) is 5.69 Å². The van der Waals surface area contributed by atoms with Crippen molar-refractivity contribution >= 4 is 5.78 Å². The number of halogens is 2. The summed E-state index contributed by atoms with van der Waals surface area (Å²) in [6.07, 6.45) is 1.20. The van der Waals surface area contributed by atoms with Crippen LogP contribution in [0.3, 0.4) is 0 Å². The minimum absolute atomic E-state index is 0.382. The Balaban J connectivity index is 2.31. The predicted octanol–water partition coefficient (Wildman–Crippen LogP) is 1.71. The molecule has 6 heteroatoms. The highest BCUT2D eigenvalue weighted by Gasteiger charge is 2.14. The Kier molecular flexibility index (Phi) is 3.50. The van der Waals surface area contributed by atoms with Crippen molar-refractivity contribution in [3.05, 3.63) is 63.8 Å². The number of aromatic nitrogens is 2. The van der Waals surface area contributed by atoms with Gasteiger partial charge in [0.1, 0.15) is 11.6 Å². The highest BCUT2D eigenvalue weighted by Crippen LogP contribution is 2.11. The topological polar surface area (TPSA) is 52.0 Å². The van der Waals surface area contributed by atoms with Crippen molar-refractivity contribution in [1.82, 2.24) is 9.55 Å². The van der Waals surface area contributed by atoms with Gasteiger partial charge in [-0.05, 0) is 25.1 Å². The fraction of sp³-hybridized carbons (Fsp3) is 0.154. The van der Waals surface area contributed by atoms with Crippen molar-refractivity contribution < 1.29 is 13.6 Å². The second-order valence-corrected chi connectivity index (χ2v) is 4.04. The standard InChI is InChI=1S/C13H10F2N2O2/c1-8-4-13(19)17(7-16-8)6-12(18)10-5-9(14)2-3-11(10)15/h2-5,7H,6H2,1H3. The van der Waals surface area contributed by atoms with Crippen molar-refractivity contribution in [2.45, 2.75) is 13.5 Å². The Morgan fingerprint density at radius 1 is 1.32 bits per heavy atom. The normalized spacial score (nSPS) is 10.5. The van der Waals surface area contributed by atoms with Gasteiger partial charge in [0.05, 0.1) is 18.4 Å². The lowest BCUT2D eigenvalue weighted by Crippen LogP contribution is -2.24. The number of benzene rings is 1. The average Bonchev–Trinajstić information content (AvgIpc) is 2.35. The fourth-order valence-corrected chi connectivity index (χ4v) is 1.59. The summed E-state index contributed by atoms with van der Waals surface area (Å²) in [5, 5.41) is 0. The van der Waals surface area contributed by atoms with Crippen molar-refractivity contribution in [1.29, 1.82) is 0 Å². The molecular formula is C13H10F2N2O2. The van der Waals surface area contributed by atoms with Gasteiger partial charge in [-0.15, -0.1) is 0 Å². The minimum Gasteiger partial charge on any atom is -0.292 e. The Labute approximate surface area is 107 Å². The molecule has 1 aromatic heterocycles. The second kappa shape index (κ2) is 5.09. The average molecular weight is 264 g/mol. The van der Waals surface area contributed by atoms with Gasteiger partial charge in [-0.3, -0.25) is 14.2 Å². The molecule has 1 heterocycles. The molecule has 0 fully saturated rings. The van der Waals surface area contributed by atoms with Crippen molar-refractivity contribution in [2.75, 3.05) is 0 Å². The molecule has 2 aromatic rings. The molecule has 1 aromatic carbocycles. The first-order valence-corrected chi connectivity index (χ1v) is 5.48. The zero-order valence-electron chi connectivity index (χ0n) is 10.1. The molecule has 0 saturated heterocycles. The summed E-state index contributed by atoms with van der Waals surface area (Å²) in [7, 11) is 0. The van der Waals surface area contributed by atoms with E-state index in [1.807, 2.05) is 0 Å². The van der Waals surface area contributed by atoms with Gasteiger partial charge in [0.15, 0.2) is 5.78 Å². The number of carbonyl (C=O) groups is 1. The number of rotatable bonds is 3. The van der Waals surface area contributed by atoms with Gasteiger partial charge >= 0.3 is 0 Å². The Morgan fingerprint density at radius 3 is 2.74 bits per heavy atom. The van der Waals surface area contributed by atoms with Gasteiger partial charge in [0.2, 0.25) is 0 Å². The number of Topliss-reactive ketones (excluding diaryl/α,β-unsaturated/α-hetero) is 1. The van der Waals surface area contributed by atoms with E-state index in [2.05, 4.69) is 4.98 Å². The molecule has 0 aliphatic rings. The SMILES string of the molecule is Cc1cc(=O)n(CC(=O)c2cc(F)ccc2F)cn1. The maximum absolute atomic E-state index is 13.4. The highest BCUT2D eigenvalue weighted by atomic mass is 19.1. The largest absolute Gasteiger partial charge is 0.292 e. The molecule has 0 spiro atoms. The van der Waals surface area contributed by atoms with Gasteiger partial charge in [0.25, 0.3) is 5.56 Å². The zero-order chi connectivity index (χ0) is 14.0. The first kappa shape index (κ1) is 13.1. The van der Waals surface area contributed by atoms with Crippen molar-refractivity contribution in [3.63, 3.8) is 0 Å². The third-order valence-corrected chi connectivity index (χ3v) is 2.56. The first-order chi connectivity index (χ1) is 8.97. The molecule has 0 unspecified atom stereocenters. The van der Waals surface area contributed by atoms with E-state index in [1.54, 1.807) is 6.92 Å². The summed E-state index contributed by atoms with van der Waals surface area (Å²) in [4.78, 5) is 27.3.